The smallest absolute Gasteiger partial charge is 0.305 e. The molecule has 1 heterocycles. The van der Waals surface area contributed by atoms with Gasteiger partial charge in [-0.3, -0.25) is 9.59 Å². The Kier molecular flexibility index (Phi) is 3.71. The van der Waals surface area contributed by atoms with Crippen LogP contribution in [0.5, 0.6) is 0 Å². The summed E-state index contributed by atoms with van der Waals surface area (Å²) >= 11 is 0. The summed E-state index contributed by atoms with van der Waals surface area (Å²) in [4.78, 5) is 24.5. The van der Waals surface area contributed by atoms with E-state index < -0.39 is 14.0 Å². The first-order valence-corrected chi connectivity index (χ1v) is 9.15. The van der Waals surface area contributed by atoms with E-state index in [0.717, 1.165) is 6.54 Å². The molecule has 0 aromatic heterocycles. The monoisotopic (exact) mass is 257 g/mol. The molecule has 0 saturated carbocycles. The maximum Gasteiger partial charge on any atom is 0.305 e. The highest BCUT2D eigenvalue weighted by Crippen LogP contribution is 2.44. The molecule has 0 radical (unpaired) electrons. The van der Waals surface area contributed by atoms with Crippen LogP contribution in [0, 0.1) is 0 Å². The van der Waals surface area contributed by atoms with Gasteiger partial charge in [-0.1, -0.05) is 33.9 Å². The number of hydrogen-bond acceptors (Lipinski definition) is 2. The molecule has 1 atom stereocenters. The average molecular weight is 257 g/mol. The molecule has 1 N–H and O–H groups in total. The molecular formula is C12H23NO3Si. The molecular weight excluding hydrogens is 234 g/mol. The number of carbonyl (C=O) groups excluding carboxylic acids is 1. The summed E-state index contributed by atoms with van der Waals surface area (Å²) in [5.74, 6) is -0.661. The summed E-state index contributed by atoms with van der Waals surface area (Å²) in [6.07, 6.45) is 0.573. The van der Waals surface area contributed by atoms with E-state index in [0.29, 0.717) is 13.0 Å². The van der Waals surface area contributed by atoms with Crippen LogP contribution in [0.3, 0.4) is 0 Å². The van der Waals surface area contributed by atoms with Crippen LogP contribution in [0.2, 0.25) is 23.7 Å². The molecule has 0 bridgehead atoms. The molecule has 0 spiro atoms. The first-order chi connectivity index (χ1) is 7.57. The molecule has 1 fully saturated rings. The van der Waals surface area contributed by atoms with E-state index in [9.17, 15) is 14.7 Å². The highest BCUT2D eigenvalue weighted by molar-refractivity contribution is 6.84. The molecule has 0 unspecified atom stereocenters. The SMILES string of the molecule is CC(C)(C)[Si](C)(C)[C@@H](CN1CCC1=O)C(=O)O. The highest BCUT2D eigenvalue weighted by Gasteiger charge is 2.47. The van der Waals surface area contributed by atoms with Gasteiger partial charge in [-0.15, -0.1) is 0 Å². The standard InChI is InChI=1S/C12H23NO3Si/c1-12(2,3)17(4,5)9(11(15)16)8-13-7-6-10(13)14/h9H,6-8H2,1-5H3,(H,15,16)/t9-/m0/s1. The number of carbonyl (C=O) groups is 2. The van der Waals surface area contributed by atoms with Crippen LogP contribution in [0.25, 0.3) is 0 Å². The lowest BCUT2D eigenvalue weighted by atomic mass is 10.2. The number of hydrogen-bond donors (Lipinski definition) is 1. The third kappa shape index (κ3) is 2.70. The van der Waals surface area contributed by atoms with Gasteiger partial charge in [0.2, 0.25) is 5.91 Å². The van der Waals surface area contributed by atoms with Crippen molar-refractivity contribution in [1.29, 1.82) is 0 Å². The topological polar surface area (TPSA) is 57.6 Å². The first kappa shape index (κ1) is 14.2. The van der Waals surface area contributed by atoms with E-state index in [-0.39, 0.29) is 16.5 Å². The van der Waals surface area contributed by atoms with Gasteiger partial charge in [0.05, 0.1) is 13.6 Å². The third-order valence-electron chi connectivity index (χ3n) is 4.45. The van der Waals surface area contributed by atoms with Gasteiger partial charge in [0.15, 0.2) is 0 Å². The molecule has 1 aliphatic rings. The van der Waals surface area contributed by atoms with Crippen LogP contribution in [-0.4, -0.2) is 43.0 Å². The molecule has 17 heavy (non-hydrogen) atoms. The summed E-state index contributed by atoms with van der Waals surface area (Å²) in [7, 11) is -1.97. The fourth-order valence-corrected chi connectivity index (χ4v) is 4.25. The van der Waals surface area contributed by atoms with Gasteiger partial charge in [0.1, 0.15) is 0 Å². The number of carboxylic acid groups (broad SMARTS) is 1. The number of aliphatic carboxylic acids is 1. The summed E-state index contributed by atoms with van der Waals surface area (Å²) in [6.45, 7) is 11.6. The lowest BCUT2D eigenvalue weighted by Crippen LogP contribution is -2.53. The Bertz CT molecular complexity index is 333. The Morgan fingerprint density at radius 1 is 1.47 bits per heavy atom. The maximum absolute atomic E-state index is 11.5. The van der Waals surface area contributed by atoms with Gasteiger partial charge in [0, 0.05) is 19.5 Å². The van der Waals surface area contributed by atoms with Crippen molar-refractivity contribution >= 4 is 20.0 Å². The summed E-state index contributed by atoms with van der Waals surface area (Å²) in [5.41, 5.74) is -0.383. The van der Waals surface area contributed by atoms with Crippen LogP contribution in [-0.2, 0) is 9.59 Å². The molecule has 1 rings (SSSR count). The Balaban J connectivity index is 2.85. The Morgan fingerprint density at radius 2 is 2.00 bits per heavy atom. The van der Waals surface area contributed by atoms with E-state index in [4.69, 9.17) is 0 Å². The predicted molar refractivity (Wildman–Crippen MR) is 69.8 cm³/mol. The van der Waals surface area contributed by atoms with Crippen molar-refractivity contribution < 1.29 is 14.7 Å². The van der Waals surface area contributed by atoms with Crippen LogP contribution in [0.1, 0.15) is 27.2 Å². The summed E-state index contributed by atoms with van der Waals surface area (Å²) in [6, 6.07) is 0. The number of nitrogens with zero attached hydrogens (tertiary/aromatic N) is 1. The second-order valence-corrected chi connectivity index (χ2v) is 12.1. The fraction of sp³-hybridized carbons (Fsp3) is 0.833. The van der Waals surface area contributed by atoms with Gasteiger partial charge in [-0.2, -0.15) is 0 Å². The number of rotatable bonds is 4. The van der Waals surface area contributed by atoms with Gasteiger partial charge < -0.3 is 10.0 Å². The van der Waals surface area contributed by atoms with Gasteiger partial charge in [-0.05, 0) is 5.04 Å². The minimum atomic E-state index is -1.97. The van der Waals surface area contributed by atoms with Gasteiger partial charge >= 0.3 is 5.97 Å². The average Bonchev–Trinajstić information content (AvgIpc) is 2.13. The molecule has 5 heteroatoms. The predicted octanol–water partition coefficient (Wildman–Crippen LogP) is 2.18. The largest absolute Gasteiger partial charge is 0.481 e. The zero-order valence-electron chi connectivity index (χ0n) is 11.4. The lowest BCUT2D eigenvalue weighted by Gasteiger charge is -2.44. The molecule has 1 aliphatic heterocycles. The number of carboxylic acids is 1. The molecule has 98 valence electrons. The molecule has 4 nitrogen and oxygen atoms in total. The van der Waals surface area contributed by atoms with Crippen molar-refractivity contribution in [3.05, 3.63) is 0 Å². The molecule has 0 aromatic rings. The van der Waals surface area contributed by atoms with Gasteiger partial charge in [0.25, 0.3) is 0 Å². The molecule has 1 saturated heterocycles. The molecule has 0 aromatic carbocycles. The van der Waals surface area contributed by atoms with E-state index in [1.807, 2.05) is 0 Å². The van der Waals surface area contributed by atoms with Crippen LogP contribution in [0.4, 0.5) is 0 Å². The highest BCUT2D eigenvalue weighted by atomic mass is 28.3. The quantitative estimate of drug-likeness (QED) is 0.620. The van der Waals surface area contributed by atoms with Crippen LogP contribution < -0.4 is 0 Å². The maximum atomic E-state index is 11.5. The number of β-lactam (4-membered cyclic amide) rings is 1. The van der Waals surface area contributed by atoms with Crippen molar-refractivity contribution in [2.24, 2.45) is 0 Å². The van der Waals surface area contributed by atoms with Crippen LogP contribution >= 0.6 is 0 Å². The van der Waals surface area contributed by atoms with E-state index in [1.165, 1.54) is 0 Å². The minimum Gasteiger partial charge on any atom is -0.481 e. The van der Waals surface area contributed by atoms with E-state index >= 15 is 0 Å². The van der Waals surface area contributed by atoms with Crippen molar-refractivity contribution in [3.8, 4) is 0 Å². The van der Waals surface area contributed by atoms with Crippen molar-refractivity contribution in [2.45, 2.75) is 50.9 Å². The second kappa shape index (κ2) is 4.44. The fourth-order valence-electron chi connectivity index (χ4n) is 1.91. The summed E-state index contributed by atoms with van der Waals surface area (Å²) < 4.78 is 0. The number of amides is 1. The van der Waals surface area contributed by atoms with Crippen molar-refractivity contribution in [2.75, 3.05) is 13.1 Å². The van der Waals surface area contributed by atoms with Gasteiger partial charge in [-0.25, -0.2) is 0 Å². The Labute approximate surface area is 104 Å². The zero-order chi connectivity index (χ0) is 13.4. The van der Waals surface area contributed by atoms with E-state index in [2.05, 4.69) is 33.9 Å². The number of likely N-dealkylation sites (tertiary alicyclic amines) is 1. The Morgan fingerprint density at radius 3 is 2.24 bits per heavy atom. The van der Waals surface area contributed by atoms with Crippen LogP contribution in [0.15, 0.2) is 0 Å². The Hall–Kier alpha value is -0.843. The van der Waals surface area contributed by atoms with E-state index in [1.54, 1.807) is 4.90 Å². The third-order valence-corrected chi connectivity index (χ3v) is 10.5. The molecule has 1 amide bonds. The minimum absolute atomic E-state index is 0.0178. The molecule has 0 aliphatic carbocycles. The van der Waals surface area contributed by atoms with Crippen molar-refractivity contribution in [1.82, 2.24) is 4.90 Å². The zero-order valence-corrected chi connectivity index (χ0v) is 12.4. The lowest BCUT2D eigenvalue weighted by molar-refractivity contribution is -0.142. The summed E-state index contributed by atoms with van der Waals surface area (Å²) in [5, 5.41) is 9.44. The van der Waals surface area contributed by atoms with Crippen molar-refractivity contribution in [3.63, 3.8) is 0 Å². The first-order valence-electron chi connectivity index (χ1n) is 6.08. The second-order valence-electron chi connectivity index (χ2n) is 6.45. The normalized spacial score (nSPS) is 18.9.